The lowest BCUT2D eigenvalue weighted by molar-refractivity contribution is -0.127. The highest BCUT2D eigenvalue weighted by atomic mass is 16.2. The van der Waals surface area contributed by atoms with Crippen molar-refractivity contribution in [3.05, 3.63) is 64.1 Å². The molecule has 0 radical (unpaired) electrons. The molecule has 2 aromatic rings. The molecule has 1 aromatic carbocycles. The highest BCUT2D eigenvalue weighted by Gasteiger charge is 2.32. The largest absolute Gasteiger partial charge is 0.345 e. The molecule has 1 aliphatic heterocycles. The molecule has 0 unspecified atom stereocenters. The molecular formula is C19H21N3O3. The van der Waals surface area contributed by atoms with E-state index < -0.39 is 5.92 Å². The van der Waals surface area contributed by atoms with Crippen molar-refractivity contribution in [2.24, 2.45) is 5.92 Å². The number of aromatic nitrogens is 1. The number of carbonyl (C=O) groups excluding carboxylic acids is 2. The molecule has 2 heterocycles. The van der Waals surface area contributed by atoms with Crippen molar-refractivity contribution in [1.29, 1.82) is 0 Å². The Morgan fingerprint density at radius 1 is 1.20 bits per heavy atom. The minimum atomic E-state index is -0.414. The fraction of sp³-hybridized carbons (Fsp3) is 0.316. The molecule has 3 rings (SSSR count). The number of hydrogen-bond donors (Lipinski definition) is 1. The molecule has 0 aliphatic carbocycles. The van der Waals surface area contributed by atoms with Crippen molar-refractivity contribution in [2.45, 2.75) is 19.9 Å². The maximum atomic E-state index is 12.6. The molecule has 6 nitrogen and oxygen atoms in total. The molecule has 0 saturated carbocycles. The van der Waals surface area contributed by atoms with Crippen LogP contribution in [-0.2, 0) is 16.1 Å². The molecule has 1 saturated heterocycles. The monoisotopic (exact) mass is 339 g/mol. The first-order chi connectivity index (χ1) is 11.9. The van der Waals surface area contributed by atoms with Gasteiger partial charge >= 0.3 is 0 Å². The summed E-state index contributed by atoms with van der Waals surface area (Å²) < 4.78 is 1.56. The molecule has 25 heavy (non-hydrogen) atoms. The Balaban J connectivity index is 1.75. The third kappa shape index (κ3) is 3.79. The second-order valence-electron chi connectivity index (χ2n) is 6.51. The number of pyridine rings is 1. The predicted octanol–water partition coefficient (Wildman–Crippen LogP) is 1.62. The minimum absolute atomic E-state index is 0.0509. The number of amides is 2. The summed E-state index contributed by atoms with van der Waals surface area (Å²) in [6.45, 7) is 2.83. The topological polar surface area (TPSA) is 71.4 Å². The summed E-state index contributed by atoms with van der Waals surface area (Å²) in [7, 11) is 1.67. The number of carbonyl (C=O) groups is 2. The van der Waals surface area contributed by atoms with Crippen molar-refractivity contribution in [3.63, 3.8) is 0 Å². The van der Waals surface area contributed by atoms with E-state index in [2.05, 4.69) is 5.32 Å². The number of rotatable bonds is 4. The van der Waals surface area contributed by atoms with Gasteiger partial charge in [-0.2, -0.15) is 0 Å². The van der Waals surface area contributed by atoms with E-state index in [9.17, 15) is 14.4 Å². The van der Waals surface area contributed by atoms with E-state index in [1.54, 1.807) is 29.9 Å². The Morgan fingerprint density at radius 3 is 2.56 bits per heavy atom. The van der Waals surface area contributed by atoms with Gasteiger partial charge in [0.25, 0.3) is 5.56 Å². The maximum absolute atomic E-state index is 12.6. The predicted molar refractivity (Wildman–Crippen MR) is 95.4 cm³/mol. The lowest BCUT2D eigenvalue weighted by atomic mass is 10.1. The van der Waals surface area contributed by atoms with E-state index in [1.165, 1.54) is 4.90 Å². The van der Waals surface area contributed by atoms with Gasteiger partial charge in [-0.05, 0) is 24.6 Å². The van der Waals surface area contributed by atoms with Crippen LogP contribution in [0.4, 0.5) is 5.69 Å². The van der Waals surface area contributed by atoms with Crippen LogP contribution in [0.15, 0.2) is 47.4 Å². The van der Waals surface area contributed by atoms with E-state index in [4.69, 9.17) is 0 Å². The Morgan fingerprint density at radius 2 is 1.92 bits per heavy atom. The van der Waals surface area contributed by atoms with Crippen LogP contribution in [0, 0.1) is 12.8 Å². The summed E-state index contributed by atoms with van der Waals surface area (Å²) in [5.74, 6) is -0.754. The smallest absolute Gasteiger partial charge is 0.274 e. The quantitative estimate of drug-likeness (QED) is 0.920. The van der Waals surface area contributed by atoms with Gasteiger partial charge in [0.05, 0.1) is 12.5 Å². The number of benzene rings is 1. The Bertz CT molecular complexity index is 855. The number of aryl methyl sites for hydroxylation is 1. The summed E-state index contributed by atoms with van der Waals surface area (Å²) in [6, 6.07) is 11.3. The molecule has 0 bridgehead atoms. The van der Waals surface area contributed by atoms with Crippen LogP contribution < -0.4 is 10.9 Å². The first-order valence-electron chi connectivity index (χ1n) is 8.24. The van der Waals surface area contributed by atoms with E-state index in [-0.39, 0.29) is 29.5 Å². The van der Waals surface area contributed by atoms with E-state index in [0.717, 1.165) is 11.1 Å². The zero-order chi connectivity index (χ0) is 18.0. The average Bonchev–Trinajstić information content (AvgIpc) is 2.92. The number of anilines is 1. The van der Waals surface area contributed by atoms with E-state index in [1.807, 2.05) is 31.2 Å². The lowest BCUT2D eigenvalue weighted by Gasteiger charge is -2.12. The molecular weight excluding hydrogens is 318 g/mol. The van der Waals surface area contributed by atoms with Crippen LogP contribution in [0.25, 0.3) is 0 Å². The van der Waals surface area contributed by atoms with Crippen molar-refractivity contribution in [3.8, 4) is 0 Å². The van der Waals surface area contributed by atoms with Crippen LogP contribution >= 0.6 is 0 Å². The van der Waals surface area contributed by atoms with Gasteiger partial charge in [0.15, 0.2) is 0 Å². The number of nitrogens with zero attached hydrogens (tertiary/aromatic N) is 2. The highest BCUT2D eigenvalue weighted by Crippen LogP contribution is 2.17. The van der Waals surface area contributed by atoms with Gasteiger partial charge in [-0.1, -0.05) is 29.8 Å². The van der Waals surface area contributed by atoms with Crippen LogP contribution in [0.1, 0.15) is 17.5 Å². The molecule has 1 aliphatic rings. The summed E-state index contributed by atoms with van der Waals surface area (Å²) in [6.07, 6.45) is 1.89. The van der Waals surface area contributed by atoms with Gasteiger partial charge < -0.3 is 14.8 Å². The minimum Gasteiger partial charge on any atom is -0.345 e. The molecule has 1 fully saturated rings. The van der Waals surface area contributed by atoms with Crippen molar-refractivity contribution in [1.82, 2.24) is 9.47 Å². The van der Waals surface area contributed by atoms with Crippen molar-refractivity contribution >= 4 is 17.5 Å². The summed E-state index contributed by atoms with van der Waals surface area (Å²) >= 11 is 0. The molecule has 1 N–H and O–H groups in total. The summed E-state index contributed by atoms with van der Waals surface area (Å²) in [5, 5.41) is 2.68. The Hall–Kier alpha value is -2.89. The number of hydrogen-bond acceptors (Lipinski definition) is 3. The van der Waals surface area contributed by atoms with Gasteiger partial charge in [0.2, 0.25) is 11.8 Å². The molecule has 130 valence electrons. The molecule has 1 atom stereocenters. The van der Waals surface area contributed by atoms with Gasteiger partial charge in [-0.25, -0.2) is 0 Å². The summed E-state index contributed by atoms with van der Waals surface area (Å²) in [5.41, 5.74) is 2.16. The van der Waals surface area contributed by atoms with Gasteiger partial charge in [0, 0.05) is 26.2 Å². The second kappa shape index (κ2) is 6.93. The average molecular weight is 339 g/mol. The normalized spacial score (nSPS) is 17.0. The fourth-order valence-electron chi connectivity index (χ4n) is 2.92. The van der Waals surface area contributed by atoms with Gasteiger partial charge in [0.1, 0.15) is 5.69 Å². The summed E-state index contributed by atoms with van der Waals surface area (Å²) in [4.78, 5) is 38.0. The van der Waals surface area contributed by atoms with Crippen LogP contribution in [0.5, 0.6) is 0 Å². The molecule has 6 heteroatoms. The van der Waals surface area contributed by atoms with Crippen LogP contribution in [0.2, 0.25) is 0 Å². The first-order valence-corrected chi connectivity index (χ1v) is 8.24. The maximum Gasteiger partial charge on any atom is 0.274 e. The van der Waals surface area contributed by atoms with Gasteiger partial charge in [-0.15, -0.1) is 0 Å². The standard InChI is InChI=1S/C19H21N3O3/c1-13-5-7-14(8-6-13)11-22-9-3-4-16(19(22)25)20-18(24)15-10-17(23)21(2)12-15/h3-9,15H,10-12H2,1-2H3,(H,20,24)/t15-/m1/s1. The highest BCUT2D eigenvalue weighted by molar-refractivity contribution is 5.97. The molecule has 2 amide bonds. The van der Waals surface area contributed by atoms with Crippen molar-refractivity contribution < 1.29 is 9.59 Å². The SMILES string of the molecule is Cc1ccc(Cn2cccc(NC(=O)[C@@H]3CC(=O)N(C)C3)c2=O)cc1. The third-order valence-electron chi connectivity index (χ3n) is 4.46. The zero-order valence-corrected chi connectivity index (χ0v) is 14.4. The number of nitrogens with one attached hydrogen (secondary N) is 1. The van der Waals surface area contributed by atoms with E-state index >= 15 is 0 Å². The molecule has 0 spiro atoms. The third-order valence-corrected chi connectivity index (χ3v) is 4.46. The number of likely N-dealkylation sites (tertiary alicyclic amines) is 1. The second-order valence-corrected chi connectivity index (χ2v) is 6.51. The Kier molecular flexibility index (Phi) is 4.70. The van der Waals surface area contributed by atoms with E-state index in [0.29, 0.717) is 13.1 Å². The zero-order valence-electron chi connectivity index (χ0n) is 14.4. The van der Waals surface area contributed by atoms with Crippen LogP contribution in [0.3, 0.4) is 0 Å². The Labute approximate surface area is 146 Å². The fourth-order valence-corrected chi connectivity index (χ4v) is 2.92. The molecule has 1 aromatic heterocycles. The first kappa shape index (κ1) is 17.0. The lowest BCUT2D eigenvalue weighted by Crippen LogP contribution is -2.30. The van der Waals surface area contributed by atoms with Gasteiger partial charge in [-0.3, -0.25) is 14.4 Å². The van der Waals surface area contributed by atoms with Crippen molar-refractivity contribution in [2.75, 3.05) is 18.9 Å². The van der Waals surface area contributed by atoms with Crippen LogP contribution in [-0.4, -0.2) is 34.9 Å².